The number of hydrogen-bond acceptors (Lipinski definition) is 4. The number of carbonyl (C=O) groups is 1. The SMILES string of the molecule is CCOC(=O)C1(NC)CCC(N2CCC(C)(C)CC2)C1. The highest BCUT2D eigenvalue weighted by atomic mass is 16.5. The van der Waals surface area contributed by atoms with Crippen molar-refractivity contribution in [2.24, 2.45) is 5.41 Å². The first-order valence-electron chi connectivity index (χ1n) is 8.03. The summed E-state index contributed by atoms with van der Waals surface area (Å²) in [5.74, 6) is -0.0673. The molecule has 0 amide bonds. The number of likely N-dealkylation sites (N-methyl/N-ethyl adjacent to an activating group) is 1. The second-order valence-electron chi connectivity index (χ2n) is 7.15. The standard InChI is InChI=1S/C16H30N2O2/c1-5-20-14(19)16(17-4)7-6-13(12-16)18-10-8-15(2,3)9-11-18/h13,17H,5-12H2,1-4H3. The molecule has 2 unspecified atom stereocenters. The zero-order chi connectivity index (χ0) is 14.8. The highest BCUT2D eigenvalue weighted by Gasteiger charge is 2.47. The molecule has 2 atom stereocenters. The average Bonchev–Trinajstić information content (AvgIpc) is 2.85. The third kappa shape index (κ3) is 3.17. The van der Waals surface area contributed by atoms with Crippen LogP contribution in [-0.2, 0) is 9.53 Å². The number of esters is 1. The summed E-state index contributed by atoms with van der Waals surface area (Å²) in [4.78, 5) is 14.8. The van der Waals surface area contributed by atoms with E-state index >= 15 is 0 Å². The van der Waals surface area contributed by atoms with Crippen LogP contribution in [0.3, 0.4) is 0 Å². The fourth-order valence-electron chi connectivity index (χ4n) is 3.61. The summed E-state index contributed by atoms with van der Waals surface area (Å²) in [6, 6.07) is 0.531. The third-order valence-corrected chi connectivity index (χ3v) is 5.30. The van der Waals surface area contributed by atoms with Gasteiger partial charge >= 0.3 is 5.97 Å². The number of carbonyl (C=O) groups excluding carboxylic acids is 1. The number of likely N-dealkylation sites (tertiary alicyclic amines) is 1. The van der Waals surface area contributed by atoms with Gasteiger partial charge in [-0.05, 0) is 64.6 Å². The van der Waals surface area contributed by atoms with Crippen molar-refractivity contribution < 1.29 is 9.53 Å². The lowest BCUT2D eigenvalue weighted by Gasteiger charge is -2.40. The van der Waals surface area contributed by atoms with Crippen molar-refractivity contribution in [1.29, 1.82) is 0 Å². The summed E-state index contributed by atoms with van der Waals surface area (Å²) >= 11 is 0. The summed E-state index contributed by atoms with van der Waals surface area (Å²) in [5.41, 5.74) is 0.0317. The third-order valence-electron chi connectivity index (χ3n) is 5.30. The Balaban J connectivity index is 1.95. The van der Waals surface area contributed by atoms with Crippen molar-refractivity contribution in [2.75, 3.05) is 26.7 Å². The van der Waals surface area contributed by atoms with Crippen molar-refractivity contribution in [3.8, 4) is 0 Å². The first kappa shape index (κ1) is 15.8. The number of rotatable bonds is 4. The Morgan fingerprint density at radius 1 is 1.30 bits per heavy atom. The molecule has 1 saturated heterocycles. The molecule has 1 aliphatic carbocycles. The highest BCUT2D eigenvalue weighted by Crippen LogP contribution is 2.38. The maximum Gasteiger partial charge on any atom is 0.326 e. The summed E-state index contributed by atoms with van der Waals surface area (Å²) in [6.45, 7) is 9.39. The van der Waals surface area contributed by atoms with Gasteiger partial charge in [-0.2, -0.15) is 0 Å². The van der Waals surface area contributed by atoms with Crippen LogP contribution >= 0.6 is 0 Å². The fourth-order valence-corrected chi connectivity index (χ4v) is 3.61. The molecule has 0 aromatic rings. The van der Waals surface area contributed by atoms with E-state index in [1.54, 1.807) is 0 Å². The van der Waals surface area contributed by atoms with E-state index in [-0.39, 0.29) is 5.97 Å². The van der Waals surface area contributed by atoms with Crippen LogP contribution < -0.4 is 5.32 Å². The zero-order valence-corrected chi connectivity index (χ0v) is 13.5. The predicted molar refractivity (Wildman–Crippen MR) is 80.7 cm³/mol. The van der Waals surface area contributed by atoms with Crippen LogP contribution in [0.25, 0.3) is 0 Å². The second-order valence-corrected chi connectivity index (χ2v) is 7.15. The van der Waals surface area contributed by atoms with Gasteiger partial charge in [-0.15, -0.1) is 0 Å². The van der Waals surface area contributed by atoms with E-state index in [2.05, 4.69) is 24.1 Å². The van der Waals surface area contributed by atoms with Gasteiger partial charge in [0.15, 0.2) is 0 Å². The van der Waals surface area contributed by atoms with Gasteiger partial charge in [0.1, 0.15) is 5.54 Å². The lowest BCUT2D eigenvalue weighted by atomic mass is 9.82. The topological polar surface area (TPSA) is 41.6 Å². The van der Waals surface area contributed by atoms with Crippen LogP contribution in [0.4, 0.5) is 0 Å². The Morgan fingerprint density at radius 3 is 2.50 bits per heavy atom. The molecule has 2 rings (SSSR count). The van der Waals surface area contributed by atoms with Crippen molar-refractivity contribution in [2.45, 2.75) is 64.5 Å². The first-order valence-corrected chi connectivity index (χ1v) is 8.03. The zero-order valence-electron chi connectivity index (χ0n) is 13.5. The quantitative estimate of drug-likeness (QED) is 0.803. The molecule has 1 heterocycles. The molecule has 4 nitrogen and oxygen atoms in total. The predicted octanol–water partition coefficient (Wildman–Crippen LogP) is 2.18. The van der Waals surface area contributed by atoms with E-state index in [0.29, 0.717) is 18.1 Å². The van der Waals surface area contributed by atoms with E-state index in [4.69, 9.17) is 4.74 Å². The van der Waals surface area contributed by atoms with Crippen molar-refractivity contribution in [3.63, 3.8) is 0 Å². The molecule has 0 aromatic carbocycles. The minimum Gasteiger partial charge on any atom is -0.465 e. The van der Waals surface area contributed by atoms with Gasteiger partial charge in [0.2, 0.25) is 0 Å². The van der Waals surface area contributed by atoms with Gasteiger partial charge in [0, 0.05) is 6.04 Å². The Labute approximate surface area is 123 Å². The number of ether oxygens (including phenoxy) is 1. The molecule has 20 heavy (non-hydrogen) atoms. The Morgan fingerprint density at radius 2 is 1.95 bits per heavy atom. The molecule has 1 saturated carbocycles. The molecule has 2 aliphatic rings. The molecule has 0 spiro atoms. The van der Waals surface area contributed by atoms with Gasteiger partial charge < -0.3 is 15.0 Å². The van der Waals surface area contributed by atoms with E-state index in [9.17, 15) is 4.79 Å². The van der Waals surface area contributed by atoms with E-state index in [1.807, 2.05) is 14.0 Å². The number of nitrogens with one attached hydrogen (secondary N) is 1. The lowest BCUT2D eigenvalue weighted by molar-refractivity contribution is -0.151. The summed E-state index contributed by atoms with van der Waals surface area (Å²) in [5, 5.41) is 3.25. The Kier molecular flexibility index (Phi) is 4.75. The average molecular weight is 282 g/mol. The number of piperidine rings is 1. The highest BCUT2D eigenvalue weighted by molar-refractivity contribution is 5.81. The van der Waals surface area contributed by atoms with Gasteiger partial charge in [0.25, 0.3) is 0 Å². The normalized spacial score (nSPS) is 34.1. The minimum atomic E-state index is -0.451. The molecule has 116 valence electrons. The van der Waals surface area contributed by atoms with E-state index in [0.717, 1.165) is 19.3 Å². The molecular formula is C16H30N2O2. The summed E-state index contributed by atoms with van der Waals surface area (Å²) < 4.78 is 5.27. The monoisotopic (exact) mass is 282 g/mol. The summed E-state index contributed by atoms with van der Waals surface area (Å²) in [7, 11) is 1.89. The Hall–Kier alpha value is -0.610. The van der Waals surface area contributed by atoms with Gasteiger partial charge in [-0.1, -0.05) is 13.8 Å². The van der Waals surface area contributed by atoms with Crippen molar-refractivity contribution in [3.05, 3.63) is 0 Å². The lowest BCUT2D eigenvalue weighted by Crippen LogP contribution is -2.51. The van der Waals surface area contributed by atoms with Gasteiger partial charge in [-0.3, -0.25) is 4.79 Å². The smallest absolute Gasteiger partial charge is 0.326 e. The molecule has 4 heteroatoms. The van der Waals surface area contributed by atoms with Gasteiger partial charge in [-0.25, -0.2) is 0 Å². The van der Waals surface area contributed by atoms with Crippen LogP contribution in [0.5, 0.6) is 0 Å². The van der Waals surface area contributed by atoms with Crippen LogP contribution in [0, 0.1) is 5.41 Å². The van der Waals surface area contributed by atoms with Crippen LogP contribution in [-0.4, -0.2) is 49.2 Å². The Bertz CT molecular complexity index is 346. The molecule has 0 aromatic heterocycles. The second kappa shape index (κ2) is 6.02. The minimum absolute atomic E-state index is 0.0673. The molecule has 1 aliphatic heterocycles. The van der Waals surface area contributed by atoms with Crippen LogP contribution in [0.15, 0.2) is 0 Å². The fraction of sp³-hybridized carbons (Fsp3) is 0.938. The number of nitrogens with zero attached hydrogens (tertiary/aromatic N) is 1. The maximum atomic E-state index is 12.2. The largest absolute Gasteiger partial charge is 0.465 e. The maximum absolute atomic E-state index is 12.2. The van der Waals surface area contributed by atoms with Crippen LogP contribution in [0.1, 0.15) is 52.9 Å². The first-order chi connectivity index (χ1) is 9.42. The van der Waals surface area contributed by atoms with E-state index < -0.39 is 5.54 Å². The number of hydrogen-bond donors (Lipinski definition) is 1. The molecule has 0 bridgehead atoms. The molecule has 1 N–H and O–H groups in total. The summed E-state index contributed by atoms with van der Waals surface area (Å²) in [6.07, 6.45) is 5.40. The van der Waals surface area contributed by atoms with E-state index in [1.165, 1.54) is 25.9 Å². The van der Waals surface area contributed by atoms with Crippen molar-refractivity contribution >= 4 is 5.97 Å². The molecule has 2 fully saturated rings. The van der Waals surface area contributed by atoms with Crippen molar-refractivity contribution in [1.82, 2.24) is 10.2 Å². The van der Waals surface area contributed by atoms with Crippen LogP contribution in [0.2, 0.25) is 0 Å². The molecular weight excluding hydrogens is 252 g/mol. The van der Waals surface area contributed by atoms with Gasteiger partial charge in [0.05, 0.1) is 6.61 Å². The molecule has 0 radical (unpaired) electrons.